The number of aryl methyl sites for hydroxylation is 1. The van der Waals surface area contributed by atoms with Crippen molar-refractivity contribution in [2.75, 3.05) is 5.73 Å². The van der Waals surface area contributed by atoms with E-state index in [1.165, 1.54) is 0 Å². The van der Waals surface area contributed by atoms with Crippen molar-refractivity contribution in [3.05, 3.63) is 10.4 Å². The Bertz CT molecular complexity index is 213. The normalized spacial score (nSPS) is 10.4. The summed E-state index contributed by atoms with van der Waals surface area (Å²) in [7, 11) is -4.69. The summed E-state index contributed by atoms with van der Waals surface area (Å²) in [6.45, 7) is 1.93. The second kappa shape index (κ2) is 4.55. The number of rotatable bonds is 0. The first-order valence-electron chi connectivity index (χ1n) is 2.60. The molecule has 6 nitrogen and oxygen atoms in total. The van der Waals surface area contributed by atoms with E-state index in [1.807, 2.05) is 12.3 Å². The second-order valence-electron chi connectivity index (χ2n) is 1.69. The quantitative estimate of drug-likeness (QED) is 0.471. The molecule has 1 heterocycles. The van der Waals surface area contributed by atoms with E-state index in [-0.39, 0.29) is 0 Å². The van der Waals surface area contributed by atoms with Crippen LogP contribution in [-0.4, -0.2) is 9.64 Å². The van der Waals surface area contributed by atoms with Gasteiger partial charge in [-0.15, -0.1) is 11.3 Å². The summed E-state index contributed by atoms with van der Waals surface area (Å²) in [5, 5.41) is 2.85. The maximum absolute atomic E-state index is 8.60. The van der Waals surface area contributed by atoms with Crippen molar-refractivity contribution in [2.24, 2.45) is 0 Å². The maximum Gasteiger partial charge on any atom is 0.134 e. The van der Waals surface area contributed by atoms with Gasteiger partial charge in [-0.05, 0) is 6.92 Å². The van der Waals surface area contributed by atoms with E-state index in [1.54, 1.807) is 11.3 Å². The standard InChI is InChI=1S/C4H6N2S.ClHO4/c1-3-6-4(5)2-7-3;2-1(3,4)5/h2H,5H2,1H3;(H,2,3,4,5). The molecule has 1 aromatic heterocycles. The van der Waals surface area contributed by atoms with E-state index in [0.717, 1.165) is 5.01 Å². The number of anilines is 1. The molecule has 1 aromatic rings. The van der Waals surface area contributed by atoms with Crippen LogP contribution in [0, 0.1) is 17.2 Å². The molecule has 0 atom stereocenters. The monoisotopic (exact) mass is 214 g/mol. The van der Waals surface area contributed by atoms with Crippen molar-refractivity contribution < 1.29 is 28.9 Å². The number of thiazole rings is 1. The summed E-state index contributed by atoms with van der Waals surface area (Å²) in [5.41, 5.74) is 5.28. The zero-order valence-electron chi connectivity index (χ0n) is 6.06. The third kappa shape index (κ3) is 9.56. The fraction of sp³-hybridized carbons (Fsp3) is 0.250. The van der Waals surface area contributed by atoms with Crippen LogP contribution < -0.4 is 19.7 Å². The van der Waals surface area contributed by atoms with Crippen LogP contribution in [0.4, 0.5) is 5.82 Å². The number of hydrogen-bond donors (Lipinski definition) is 2. The second-order valence-corrected chi connectivity index (χ2v) is 3.54. The van der Waals surface area contributed by atoms with Crippen molar-refractivity contribution >= 4 is 17.2 Å². The molecule has 0 aromatic carbocycles. The lowest BCUT2D eigenvalue weighted by Gasteiger charge is -2.03. The van der Waals surface area contributed by atoms with E-state index >= 15 is 0 Å². The Morgan fingerprint density at radius 3 is 2.08 bits per heavy atom. The van der Waals surface area contributed by atoms with Crippen molar-refractivity contribution in [1.82, 2.24) is 4.98 Å². The van der Waals surface area contributed by atoms with E-state index in [9.17, 15) is 0 Å². The van der Waals surface area contributed by atoms with Gasteiger partial charge in [0.2, 0.25) is 0 Å². The topological polar surface area (TPSA) is 128 Å². The van der Waals surface area contributed by atoms with Gasteiger partial charge >= 0.3 is 0 Å². The minimum absolute atomic E-state index is 0.627. The molecule has 0 aliphatic heterocycles. The van der Waals surface area contributed by atoms with Crippen LogP contribution in [0.25, 0.3) is 0 Å². The lowest BCUT2D eigenvalue weighted by molar-refractivity contribution is -1.92. The van der Waals surface area contributed by atoms with Crippen LogP contribution in [0.15, 0.2) is 5.38 Å². The molecular weight excluding hydrogens is 208 g/mol. The van der Waals surface area contributed by atoms with Crippen molar-refractivity contribution in [2.45, 2.75) is 6.92 Å². The Kier molecular flexibility index (Phi) is 4.39. The van der Waals surface area contributed by atoms with Gasteiger partial charge in [-0.1, -0.05) is 0 Å². The molecule has 0 spiro atoms. The summed E-state index contributed by atoms with van der Waals surface area (Å²) in [5.74, 6) is 0.627. The van der Waals surface area contributed by atoms with Gasteiger partial charge in [0.15, 0.2) is 0 Å². The lowest BCUT2D eigenvalue weighted by Crippen LogP contribution is -2.58. The van der Waals surface area contributed by atoms with Gasteiger partial charge in [0, 0.05) is 5.38 Å². The molecule has 0 fully saturated rings. The van der Waals surface area contributed by atoms with Gasteiger partial charge < -0.3 is 5.73 Å². The molecular formula is C4H7ClN2O4S. The molecule has 1 rings (SSSR count). The van der Waals surface area contributed by atoms with Crippen LogP contribution in [-0.2, 0) is 0 Å². The fourth-order valence-electron chi connectivity index (χ4n) is 0.380. The first kappa shape index (κ1) is 11.6. The highest BCUT2D eigenvalue weighted by molar-refractivity contribution is 7.09. The summed E-state index contributed by atoms with van der Waals surface area (Å²) in [6.07, 6.45) is 0. The average Bonchev–Trinajstić information content (AvgIpc) is 2.09. The third-order valence-electron chi connectivity index (χ3n) is 0.637. The smallest absolute Gasteiger partial charge is 0.134 e. The highest BCUT2D eigenvalue weighted by Crippen LogP contribution is 2.07. The SMILES string of the molecule is Cc1nc(N)cs1.[O-][Cl+3]([O-])([O-])O. The predicted octanol–water partition coefficient (Wildman–Crippen LogP) is -3.09. The zero-order valence-corrected chi connectivity index (χ0v) is 7.63. The van der Waals surface area contributed by atoms with Crippen LogP contribution >= 0.6 is 11.3 Å². The first-order chi connectivity index (χ1) is 5.29. The molecule has 8 heteroatoms. The van der Waals surface area contributed by atoms with Gasteiger partial charge in [0.1, 0.15) is 5.82 Å². The van der Waals surface area contributed by atoms with E-state index < -0.39 is 10.2 Å². The Morgan fingerprint density at radius 1 is 1.58 bits per heavy atom. The molecule has 0 aliphatic carbocycles. The lowest BCUT2D eigenvalue weighted by atomic mass is 10.8. The van der Waals surface area contributed by atoms with E-state index in [4.69, 9.17) is 24.4 Å². The molecule has 3 N–H and O–H groups in total. The van der Waals surface area contributed by atoms with Gasteiger partial charge in [-0.2, -0.15) is 14.0 Å². The van der Waals surface area contributed by atoms with Crippen LogP contribution in [0.3, 0.4) is 0 Å². The van der Waals surface area contributed by atoms with E-state index in [2.05, 4.69) is 4.98 Å². The fourth-order valence-corrected chi connectivity index (χ4v) is 0.882. The zero-order chi connectivity index (χ0) is 9.78. The predicted molar refractivity (Wildman–Crippen MR) is 33.5 cm³/mol. The maximum atomic E-state index is 8.60. The number of hydrogen-bond acceptors (Lipinski definition) is 7. The molecule has 0 saturated carbocycles. The highest BCUT2D eigenvalue weighted by Gasteiger charge is 1.98. The molecule has 0 unspecified atom stereocenters. The molecule has 70 valence electrons. The Balaban J connectivity index is 0.000000217. The Labute approximate surface area is 74.6 Å². The van der Waals surface area contributed by atoms with Gasteiger partial charge in [0.05, 0.1) is 19.9 Å². The van der Waals surface area contributed by atoms with Crippen LogP contribution in [0.2, 0.25) is 0 Å². The molecule has 0 saturated heterocycles. The van der Waals surface area contributed by atoms with Crippen LogP contribution in [0.1, 0.15) is 5.01 Å². The summed E-state index contributed by atoms with van der Waals surface area (Å²) < 4.78 is 32.7. The molecule has 0 aliphatic rings. The van der Waals surface area contributed by atoms with Crippen molar-refractivity contribution in [3.8, 4) is 0 Å². The summed E-state index contributed by atoms with van der Waals surface area (Å²) >= 11 is 1.57. The Morgan fingerprint density at radius 2 is 2.00 bits per heavy atom. The first-order valence-corrected chi connectivity index (χ1v) is 4.74. The van der Waals surface area contributed by atoms with Gasteiger partial charge in [0.25, 0.3) is 0 Å². The largest absolute Gasteiger partial charge is 0.383 e. The summed E-state index contributed by atoms with van der Waals surface area (Å²) in [6, 6.07) is 0. The third-order valence-corrected chi connectivity index (χ3v) is 1.43. The number of nitrogens with zero attached hydrogens (tertiary/aromatic N) is 1. The number of nitrogens with two attached hydrogens (primary N) is 1. The van der Waals surface area contributed by atoms with Gasteiger partial charge in [-0.25, -0.2) is 4.98 Å². The minimum Gasteiger partial charge on any atom is -0.383 e. The average molecular weight is 215 g/mol. The molecule has 12 heavy (non-hydrogen) atoms. The Hall–Kier alpha value is -0.440. The van der Waals surface area contributed by atoms with Crippen LogP contribution in [0.5, 0.6) is 0 Å². The molecule has 0 radical (unpaired) electrons. The summed E-state index contributed by atoms with van der Waals surface area (Å²) in [4.78, 5) is 3.91. The van der Waals surface area contributed by atoms with E-state index in [0.29, 0.717) is 5.82 Å². The van der Waals surface area contributed by atoms with Crippen molar-refractivity contribution in [1.29, 1.82) is 0 Å². The molecule has 0 amide bonds. The number of nitrogen functional groups attached to an aromatic ring is 1. The minimum atomic E-state index is -4.69. The van der Waals surface area contributed by atoms with Crippen molar-refractivity contribution in [3.63, 3.8) is 0 Å². The van der Waals surface area contributed by atoms with Gasteiger partial charge in [-0.3, -0.25) is 0 Å². The molecule has 0 bridgehead atoms. The number of halogens is 1. The number of aromatic nitrogens is 1. The highest BCUT2D eigenvalue weighted by atomic mass is 35.7.